The summed E-state index contributed by atoms with van der Waals surface area (Å²) in [6.07, 6.45) is 2.31. The molecular formula is C13H19N5O2. The summed E-state index contributed by atoms with van der Waals surface area (Å²) in [5.41, 5.74) is 11.5. The SMILES string of the molecule is CC(=O)N1CCCN(c2cc(C(N)=O)c(N)cn2)CC1. The average Bonchev–Trinajstić information content (AvgIpc) is 2.64. The van der Waals surface area contributed by atoms with Crippen molar-refractivity contribution in [1.29, 1.82) is 0 Å². The Bertz CT molecular complexity index is 531. The van der Waals surface area contributed by atoms with Crippen LogP contribution in [0.15, 0.2) is 12.3 Å². The molecule has 1 fully saturated rings. The number of nitrogen functional groups attached to an aromatic ring is 1. The van der Waals surface area contributed by atoms with E-state index < -0.39 is 5.91 Å². The van der Waals surface area contributed by atoms with Crippen LogP contribution < -0.4 is 16.4 Å². The van der Waals surface area contributed by atoms with E-state index in [2.05, 4.69) is 4.98 Å². The van der Waals surface area contributed by atoms with Crippen LogP contribution in [0.5, 0.6) is 0 Å². The zero-order chi connectivity index (χ0) is 14.7. The second-order valence-electron chi connectivity index (χ2n) is 4.84. The minimum absolute atomic E-state index is 0.0786. The summed E-state index contributed by atoms with van der Waals surface area (Å²) in [6.45, 7) is 4.41. The van der Waals surface area contributed by atoms with Crippen LogP contribution in [-0.4, -0.2) is 47.9 Å². The maximum absolute atomic E-state index is 11.4. The third-order valence-electron chi connectivity index (χ3n) is 3.45. The van der Waals surface area contributed by atoms with Gasteiger partial charge >= 0.3 is 0 Å². The number of anilines is 2. The highest BCUT2D eigenvalue weighted by molar-refractivity contribution is 5.98. The van der Waals surface area contributed by atoms with Gasteiger partial charge in [0.15, 0.2) is 0 Å². The van der Waals surface area contributed by atoms with Gasteiger partial charge in [-0.25, -0.2) is 4.98 Å². The molecule has 0 saturated carbocycles. The molecular weight excluding hydrogens is 258 g/mol. The van der Waals surface area contributed by atoms with Gasteiger partial charge in [-0.2, -0.15) is 0 Å². The Hall–Kier alpha value is -2.31. The second-order valence-corrected chi connectivity index (χ2v) is 4.84. The number of hydrogen-bond donors (Lipinski definition) is 2. The largest absolute Gasteiger partial charge is 0.397 e. The summed E-state index contributed by atoms with van der Waals surface area (Å²) < 4.78 is 0. The predicted molar refractivity (Wildman–Crippen MR) is 76.3 cm³/mol. The average molecular weight is 277 g/mol. The van der Waals surface area contributed by atoms with Gasteiger partial charge < -0.3 is 21.3 Å². The number of carbonyl (C=O) groups is 2. The number of hydrogen-bond acceptors (Lipinski definition) is 5. The molecule has 0 atom stereocenters. The highest BCUT2D eigenvalue weighted by Gasteiger charge is 2.18. The minimum Gasteiger partial charge on any atom is -0.397 e. The van der Waals surface area contributed by atoms with Gasteiger partial charge in [0.2, 0.25) is 5.91 Å². The van der Waals surface area contributed by atoms with E-state index in [0.717, 1.165) is 19.5 Å². The maximum Gasteiger partial charge on any atom is 0.250 e. The number of aromatic nitrogens is 1. The van der Waals surface area contributed by atoms with Gasteiger partial charge in [-0.05, 0) is 12.5 Å². The molecule has 1 aliphatic heterocycles. The molecule has 1 aliphatic rings. The number of primary amides is 1. The van der Waals surface area contributed by atoms with Crippen LogP contribution in [0, 0.1) is 0 Å². The van der Waals surface area contributed by atoms with Gasteiger partial charge in [0.25, 0.3) is 5.91 Å². The Morgan fingerprint density at radius 2 is 2.00 bits per heavy atom. The molecule has 7 heteroatoms. The summed E-state index contributed by atoms with van der Waals surface area (Å²) in [6, 6.07) is 1.61. The van der Waals surface area contributed by atoms with Crippen LogP contribution in [0.1, 0.15) is 23.7 Å². The van der Waals surface area contributed by atoms with Crippen LogP contribution in [0.3, 0.4) is 0 Å². The van der Waals surface area contributed by atoms with Crippen molar-refractivity contribution in [3.05, 3.63) is 17.8 Å². The fourth-order valence-electron chi connectivity index (χ4n) is 2.30. The Labute approximate surface area is 117 Å². The highest BCUT2D eigenvalue weighted by Crippen LogP contribution is 2.19. The summed E-state index contributed by atoms with van der Waals surface area (Å²) in [5, 5.41) is 0. The number of carbonyl (C=O) groups excluding carboxylic acids is 2. The lowest BCUT2D eigenvalue weighted by molar-refractivity contribution is -0.128. The fraction of sp³-hybridized carbons (Fsp3) is 0.462. The normalized spacial score (nSPS) is 15.8. The van der Waals surface area contributed by atoms with Crippen LogP contribution in [0.4, 0.5) is 11.5 Å². The van der Waals surface area contributed by atoms with Crippen molar-refractivity contribution in [2.24, 2.45) is 5.73 Å². The van der Waals surface area contributed by atoms with E-state index in [0.29, 0.717) is 18.9 Å². The van der Waals surface area contributed by atoms with E-state index in [1.165, 1.54) is 6.20 Å². The van der Waals surface area contributed by atoms with Crippen molar-refractivity contribution < 1.29 is 9.59 Å². The molecule has 0 aromatic carbocycles. The van der Waals surface area contributed by atoms with Crippen molar-refractivity contribution in [1.82, 2.24) is 9.88 Å². The number of nitrogens with zero attached hydrogens (tertiary/aromatic N) is 3. The quantitative estimate of drug-likeness (QED) is 0.780. The molecule has 4 N–H and O–H groups in total. The van der Waals surface area contributed by atoms with Gasteiger partial charge in [0, 0.05) is 33.1 Å². The number of amides is 2. The molecule has 2 heterocycles. The smallest absolute Gasteiger partial charge is 0.250 e. The lowest BCUT2D eigenvalue weighted by atomic mass is 10.2. The molecule has 0 radical (unpaired) electrons. The zero-order valence-electron chi connectivity index (χ0n) is 11.5. The van der Waals surface area contributed by atoms with Gasteiger partial charge in [0.05, 0.1) is 17.4 Å². The van der Waals surface area contributed by atoms with E-state index in [1.54, 1.807) is 13.0 Å². The molecule has 108 valence electrons. The Kier molecular flexibility index (Phi) is 4.07. The number of rotatable bonds is 2. The van der Waals surface area contributed by atoms with Crippen LogP contribution in [0.25, 0.3) is 0 Å². The van der Waals surface area contributed by atoms with Gasteiger partial charge in [-0.1, -0.05) is 0 Å². The summed E-state index contributed by atoms with van der Waals surface area (Å²) in [4.78, 5) is 30.8. The minimum atomic E-state index is -0.564. The number of nitrogens with two attached hydrogens (primary N) is 2. The molecule has 1 saturated heterocycles. The first kappa shape index (κ1) is 14.1. The molecule has 7 nitrogen and oxygen atoms in total. The zero-order valence-corrected chi connectivity index (χ0v) is 11.5. The fourth-order valence-corrected chi connectivity index (χ4v) is 2.30. The van der Waals surface area contributed by atoms with E-state index >= 15 is 0 Å². The van der Waals surface area contributed by atoms with E-state index in [4.69, 9.17) is 11.5 Å². The maximum atomic E-state index is 11.4. The first-order valence-corrected chi connectivity index (χ1v) is 6.55. The Balaban J connectivity index is 2.17. The summed E-state index contributed by atoms with van der Waals surface area (Å²) in [5.74, 6) is 0.180. The second kappa shape index (κ2) is 5.77. The van der Waals surface area contributed by atoms with Crippen LogP contribution in [0.2, 0.25) is 0 Å². The molecule has 1 aromatic heterocycles. The first-order valence-electron chi connectivity index (χ1n) is 6.55. The van der Waals surface area contributed by atoms with Crippen molar-refractivity contribution >= 4 is 23.3 Å². The number of pyridine rings is 1. The predicted octanol–water partition coefficient (Wildman–Crippen LogP) is -0.179. The van der Waals surface area contributed by atoms with E-state index in [9.17, 15) is 9.59 Å². The van der Waals surface area contributed by atoms with Crippen molar-refractivity contribution in [2.45, 2.75) is 13.3 Å². The molecule has 2 amide bonds. The van der Waals surface area contributed by atoms with Gasteiger partial charge in [-0.15, -0.1) is 0 Å². The standard InChI is InChI=1S/C13H19N5O2/c1-9(19)17-3-2-4-18(6-5-17)12-7-10(13(15)20)11(14)8-16-12/h7-8H,2-6,14H2,1H3,(H2,15,20). The lowest BCUT2D eigenvalue weighted by Gasteiger charge is -2.22. The molecule has 0 unspecified atom stereocenters. The van der Waals surface area contributed by atoms with Crippen molar-refractivity contribution in [2.75, 3.05) is 36.8 Å². The van der Waals surface area contributed by atoms with Gasteiger partial charge in [-0.3, -0.25) is 9.59 Å². The summed E-state index contributed by atoms with van der Waals surface area (Å²) in [7, 11) is 0. The monoisotopic (exact) mass is 277 g/mol. The molecule has 0 spiro atoms. The Morgan fingerprint density at radius 1 is 1.25 bits per heavy atom. The lowest BCUT2D eigenvalue weighted by Crippen LogP contribution is -2.34. The van der Waals surface area contributed by atoms with Crippen molar-refractivity contribution in [3.8, 4) is 0 Å². The topological polar surface area (TPSA) is 106 Å². The van der Waals surface area contributed by atoms with Crippen LogP contribution >= 0.6 is 0 Å². The molecule has 0 bridgehead atoms. The molecule has 2 rings (SSSR count). The van der Waals surface area contributed by atoms with E-state index in [-0.39, 0.29) is 17.2 Å². The third kappa shape index (κ3) is 2.98. The first-order chi connectivity index (χ1) is 9.49. The molecule has 0 aliphatic carbocycles. The van der Waals surface area contributed by atoms with E-state index in [1.807, 2.05) is 9.80 Å². The van der Waals surface area contributed by atoms with Gasteiger partial charge in [0.1, 0.15) is 5.82 Å². The molecule has 20 heavy (non-hydrogen) atoms. The third-order valence-corrected chi connectivity index (χ3v) is 3.45. The molecule has 1 aromatic rings. The highest BCUT2D eigenvalue weighted by atomic mass is 16.2. The summed E-state index contributed by atoms with van der Waals surface area (Å²) >= 11 is 0. The van der Waals surface area contributed by atoms with Crippen molar-refractivity contribution in [3.63, 3.8) is 0 Å². The Morgan fingerprint density at radius 3 is 2.65 bits per heavy atom. The van der Waals surface area contributed by atoms with Crippen LogP contribution in [-0.2, 0) is 4.79 Å².